The summed E-state index contributed by atoms with van der Waals surface area (Å²) in [5.74, 6) is -2.74. The SMILES string of the molecule is Oc1ccc([C]2CC[C](c3ccc(O)cc3)C2(F)F)cc1. The van der Waals surface area contributed by atoms with Crippen LogP contribution in [0.4, 0.5) is 8.78 Å². The van der Waals surface area contributed by atoms with Gasteiger partial charge in [-0.05, 0) is 48.2 Å². The van der Waals surface area contributed by atoms with Crippen molar-refractivity contribution in [2.45, 2.75) is 18.8 Å². The van der Waals surface area contributed by atoms with Crippen LogP contribution in [0.25, 0.3) is 0 Å². The van der Waals surface area contributed by atoms with Gasteiger partial charge in [-0.25, -0.2) is 8.78 Å². The lowest BCUT2D eigenvalue weighted by Gasteiger charge is -2.24. The Morgan fingerprint density at radius 1 is 0.667 bits per heavy atom. The maximum Gasteiger partial charge on any atom is 0.269 e. The summed E-state index contributed by atoms with van der Waals surface area (Å²) in [6.45, 7) is 0. The number of benzene rings is 2. The van der Waals surface area contributed by atoms with E-state index in [1.165, 1.54) is 48.5 Å². The van der Waals surface area contributed by atoms with Crippen molar-refractivity contribution in [2.75, 3.05) is 0 Å². The van der Waals surface area contributed by atoms with Crippen molar-refractivity contribution in [2.24, 2.45) is 0 Å². The average molecular weight is 288 g/mol. The molecule has 1 saturated carbocycles. The van der Waals surface area contributed by atoms with E-state index in [0.717, 1.165) is 0 Å². The molecule has 2 N–H and O–H groups in total. The summed E-state index contributed by atoms with van der Waals surface area (Å²) in [7, 11) is 0. The van der Waals surface area contributed by atoms with Gasteiger partial charge in [-0.15, -0.1) is 0 Å². The highest BCUT2D eigenvalue weighted by Crippen LogP contribution is 2.53. The molecule has 0 aromatic heterocycles. The van der Waals surface area contributed by atoms with E-state index in [-0.39, 0.29) is 36.2 Å². The molecule has 2 aromatic rings. The quantitative estimate of drug-likeness (QED) is 0.874. The summed E-state index contributed by atoms with van der Waals surface area (Å²) >= 11 is 0. The molecule has 0 saturated heterocycles. The van der Waals surface area contributed by atoms with Crippen LogP contribution < -0.4 is 0 Å². The van der Waals surface area contributed by atoms with Crippen LogP contribution in [0.15, 0.2) is 48.5 Å². The molecule has 0 spiro atoms. The largest absolute Gasteiger partial charge is 0.508 e. The molecule has 2 nitrogen and oxygen atoms in total. The number of aromatic hydroxyl groups is 2. The van der Waals surface area contributed by atoms with Crippen molar-refractivity contribution in [3.05, 3.63) is 71.5 Å². The van der Waals surface area contributed by atoms with Crippen LogP contribution in [0.1, 0.15) is 24.0 Å². The molecule has 108 valence electrons. The van der Waals surface area contributed by atoms with E-state index in [9.17, 15) is 19.0 Å². The summed E-state index contributed by atoms with van der Waals surface area (Å²) in [5.41, 5.74) is 0.901. The molecule has 1 aliphatic rings. The second kappa shape index (κ2) is 5.02. The molecule has 0 bridgehead atoms. The highest BCUT2D eigenvalue weighted by atomic mass is 19.3. The number of hydrogen-bond acceptors (Lipinski definition) is 2. The van der Waals surface area contributed by atoms with Crippen LogP contribution in [0, 0.1) is 11.8 Å². The lowest BCUT2D eigenvalue weighted by atomic mass is 9.89. The van der Waals surface area contributed by atoms with Gasteiger partial charge in [0.1, 0.15) is 11.5 Å². The molecule has 1 fully saturated rings. The molecule has 21 heavy (non-hydrogen) atoms. The minimum absolute atomic E-state index is 0.0587. The first-order valence-electron chi connectivity index (χ1n) is 6.68. The van der Waals surface area contributed by atoms with Gasteiger partial charge in [0.15, 0.2) is 0 Å². The zero-order valence-corrected chi connectivity index (χ0v) is 11.2. The van der Waals surface area contributed by atoms with Crippen molar-refractivity contribution in [3.63, 3.8) is 0 Å². The summed E-state index contributed by atoms with van der Waals surface area (Å²) in [6.07, 6.45) is 0.571. The number of phenols is 2. The van der Waals surface area contributed by atoms with Gasteiger partial charge < -0.3 is 10.2 Å². The third-order valence-corrected chi connectivity index (χ3v) is 3.81. The first-order valence-corrected chi connectivity index (χ1v) is 6.68. The van der Waals surface area contributed by atoms with Crippen molar-refractivity contribution in [1.29, 1.82) is 0 Å². The first-order chi connectivity index (χ1) is 9.98. The molecule has 0 atom stereocenters. The predicted octanol–water partition coefficient (Wildman–Crippen LogP) is 4.07. The van der Waals surface area contributed by atoms with Crippen LogP contribution in [0.5, 0.6) is 11.5 Å². The fourth-order valence-corrected chi connectivity index (χ4v) is 2.72. The highest BCUT2D eigenvalue weighted by molar-refractivity contribution is 5.50. The molecule has 2 radical (unpaired) electrons. The number of rotatable bonds is 2. The number of hydrogen-bond donors (Lipinski definition) is 2. The molecule has 0 heterocycles. The second-order valence-electron chi connectivity index (χ2n) is 5.13. The lowest BCUT2D eigenvalue weighted by Crippen LogP contribution is -2.28. The Bertz CT molecular complexity index is 565. The van der Waals surface area contributed by atoms with Gasteiger partial charge in [0.05, 0.1) is 11.8 Å². The summed E-state index contributed by atoms with van der Waals surface area (Å²) < 4.78 is 29.3. The van der Waals surface area contributed by atoms with E-state index < -0.39 is 5.92 Å². The van der Waals surface area contributed by atoms with Crippen LogP contribution >= 0.6 is 0 Å². The van der Waals surface area contributed by atoms with Crippen LogP contribution in [0.2, 0.25) is 0 Å². The molecule has 0 amide bonds. The van der Waals surface area contributed by atoms with Gasteiger partial charge >= 0.3 is 0 Å². The second-order valence-corrected chi connectivity index (χ2v) is 5.13. The number of halogens is 2. The average Bonchev–Trinajstić information content (AvgIpc) is 2.76. The minimum Gasteiger partial charge on any atom is -0.508 e. The smallest absolute Gasteiger partial charge is 0.269 e. The van der Waals surface area contributed by atoms with Crippen LogP contribution in [-0.2, 0) is 0 Å². The Hall–Kier alpha value is -2.10. The molecule has 2 aromatic carbocycles. The van der Waals surface area contributed by atoms with Crippen LogP contribution in [-0.4, -0.2) is 16.1 Å². The highest BCUT2D eigenvalue weighted by Gasteiger charge is 2.54. The van der Waals surface area contributed by atoms with Crippen molar-refractivity contribution < 1.29 is 19.0 Å². The fourth-order valence-electron chi connectivity index (χ4n) is 2.72. The number of phenolic OH excluding ortho intramolecular Hbond substituents is 2. The molecule has 4 heteroatoms. The Labute approximate surface area is 121 Å². The van der Waals surface area contributed by atoms with E-state index in [1.54, 1.807) is 0 Å². The maximum absolute atomic E-state index is 14.6. The van der Waals surface area contributed by atoms with Gasteiger partial charge in [-0.2, -0.15) is 0 Å². The van der Waals surface area contributed by atoms with Crippen molar-refractivity contribution >= 4 is 0 Å². The van der Waals surface area contributed by atoms with E-state index >= 15 is 0 Å². The summed E-state index contributed by atoms with van der Waals surface area (Å²) in [5, 5.41) is 18.5. The summed E-state index contributed by atoms with van der Waals surface area (Å²) in [4.78, 5) is 0. The monoisotopic (exact) mass is 288 g/mol. The zero-order valence-electron chi connectivity index (χ0n) is 11.2. The van der Waals surface area contributed by atoms with Gasteiger partial charge in [0, 0.05) is 0 Å². The third-order valence-electron chi connectivity index (χ3n) is 3.81. The van der Waals surface area contributed by atoms with Gasteiger partial charge in [0.25, 0.3) is 5.92 Å². The van der Waals surface area contributed by atoms with Gasteiger partial charge in [-0.1, -0.05) is 24.3 Å². The topological polar surface area (TPSA) is 40.5 Å². The lowest BCUT2D eigenvalue weighted by molar-refractivity contribution is 0.0555. The maximum atomic E-state index is 14.6. The Morgan fingerprint density at radius 3 is 1.33 bits per heavy atom. The Kier molecular flexibility index (Phi) is 3.32. The van der Waals surface area contributed by atoms with Crippen LogP contribution in [0.3, 0.4) is 0 Å². The minimum atomic E-state index is -3.01. The predicted molar refractivity (Wildman–Crippen MR) is 75.1 cm³/mol. The fraction of sp³-hybridized carbons (Fsp3) is 0.176. The molecular weight excluding hydrogens is 274 g/mol. The van der Waals surface area contributed by atoms with Crippen molar-refractivity contribution in [3.8, 4) is 11.5 Å². The molecule has 3 rings (SSSR count). The van der Waals surface area contributed by atoms with Crippen molar-refractivity contribution in [1.82, 2.24) is 0 Å². The standard InChI is InChI=1S/C17H14F2O2/c18-17(19)15(11-1-5-13(20)6-2-11)9-10-16(17)12-3-7-14(21)8-4-12/h1-8,20-21H,9-10H2. The van der Waals surface area contributed by atoms with E-state index in [4.69, 9.17) is 0 Å². The first kappa shape index (κ1) is 13.9. The third kappa shape index (κ3) is 2.46. The normalized spacial score (nSPS) is 19.0. The summed E-state index contributed by atoms with van der Waals surface area (Å²) in [6, 6.07) is 11.7. The zero-order chi connectivity index (χ0) is 15.0. The molecule has 0 unspecified atom stereocenters. The Balaban J connectivity index is 1.90. The van der Waals surface area contributed by atoms with E-state index in [1.807, 2.05) is 0 Å². The number of alkyl halides is 2. The van der Waals surface area contributed by atoms with Gasteiger partial charge in [-0.3, -0.25) is 0 Å². The van der Waals surface area contributed by atoms with E-state index in [2.05, 4.69) is 0 Å². The molecule has 0 aliphatic heterocycles. The Morgan fingerprint density at radius 2 is 1.00 bits per heavy atom. The van der Waals surface area contributed by atoms with Gasteiger partial charge in [0.2, 0.25) is 0 Å². The molecular formula is C17H14F2O2. The van der Waals surface area contributed by atoms with E-state index in [0.29, 0.717) is 11.1 Å². The molecule has 1 aliphatic carbocycles.